The highest BCUT2D eigenvalue weighted by atomic mass is 35.5. The van der Waals surface area contributed by atoms with E-state index >= 15 is 0 Å². The van der Waals surface area contributed by atoms with Crippen LogP contribution in [-0.4, -0.2) is 17.7 Å². The fourth-order valence-electron chi connectivity index (χ4n) is 3.99. The normalized spacial score (nSPS) is 20.1. The van der Waals surface area contributed by atoms with E-state index in [2.05, 4.69) is 6.92 Å². The van der Waals surface area contributed by atoms with Gasteiger partial charge in [0, 0.05) is 5.02 Å². The highest BCUT2D eigenvalue weighted by Gasteiger charge is 2.25. The van der Waals surface area contributed by atoms with Crippen molar-refractivity contribution in [3.63, 3.8) is 0 Å². The number of hydrogen-bond donors (Lipinski definition) is 2. The molecule has 0 amide bonds. The summed E-state index contributed by atoms with van der Waals surface area (Å²) in [5.74, 6) is 0.190. The minimum Gasteiger partial charge on any atom is -0.507 e. The highest BCUT2D eigenvalue weighted by molar-refractivity contribution is 6.30. The Kier molecular flexibility index (Phi) is 4.94. The van der Waals surface area contributed by atoms with Gasteiger partial charge in [0.2, 0.25) is 5.43 Å². The van der Waals surface area contributed by atoms with Crippen LogP contribution in [0.4, 0.5) is 0 Å². The Hall–Kier alpha value is -2.30. The molecule has 2 heterocycles. The third-order valence-electron chi connectivity index (χ3n) is 5.66. The summed E-state index contributed by atoms with van der Waals surface area (Å²) in [6, 6.07) is 10.9. The molecular weight excluding hydrogens is 362 g/mol. The molecule has 4 nitrogen and oxygen atoms in total. The van der Waals surface area contributed by atoms with Crippen LogP contribution in [0.25, 0.3) is 22.1 Å². The summed E-state index contributed by atoms with van der Waals surface area (Å²) in [4.78, 5) is 14.5. The number of benzene rings is 2. The first-order valence-electron chi connectivity index (χ1n) is 9.41. The zero-order valence-electron chi connectivity index (χ0n) is 15.3. The van der Waals surface area contributed by atoms with Crippen LogP contribution in [0.15, 0.2) is 51.9 Å². The maximum atomic E-state index is 13.1. The van der Waals surface area contributed by atoms with Crippen LogP contribution in [0.3, 0.4) is 0 Å². The molecule has 3 aromatic rings. The molecule has 1 aromatic heterocycles. The second kappa shape index (κ2) is 7.37. The third-order valence-corrected chi connectivity index (χ3v) is 5.91. The Balaban J connectivity index is 1.79. The fraction of sp³-hybridized carbons (Fsp3) is 0.318. The van der Waals surface area contributed by atoms with Crippen molar-refractivity contribution in [2.45, 2.75) is 38.8 Å². The van der Waals surface area contributed by atoms with E-state index in [0.717, 1.165) is 17.7 Å². The summed E-state index contributed by atoms with van der Waals surface area (Å²) in [6.45, 7) is 3.98. The smallest absolute Gasteiger partial charge is 0.200 e. The molecule has 1 saturated heterocycles. The Morgan fingerprint density at radius 2 is 1.96 bits per heavy atom. The molecule has 1 aliphatic rings. The average Bonchev–Trinajstić information content (AvgIpc) is 2.67. The Morgan fingerprint density at radius 3 is 2.70 bits per heavy atom. The quantitative estimate of drug-likeness (QED) is 0.722. The molecule has 0 saturated carbocycles. The van der Waals surface area contributed by atoms with E-state index in [4.69, 9.17) is 16.0 Å². The van der Waals surface area contributed by atoms with Gasteiger partial charge in [-0.2, -0.15) is 0 Å². The van der Waals surface area contributed by atoms with Crippen LogP contribution in [0.2, 0.25) is 5.02 Å². The van der Waals surface area contributed by atoms with E-state index in [1.54, 1.807) is 36.4 Å². The van der Waals surface area contributed by atoms with Gasteiger partial charge in [0.1, 0.15) is 24.1 Å². The largest absolute Gasteiger partial charge is 0.507 e. The molecule has 2 atom stereocenters. The van der Waals surface area contributed by atoms with Crippen molar-refractivity contribution < 1.29 is 14.4 Å². The molecule has 27 heavy (non-hydrogen) atoms. The van der Waals surface area contributed by atoms with Crippen molar-refractivity contribution in [1.82, 2.24) is 0 Å². The number of rotatable bonds is 3. The number of halogens is 1. The lowest BCUT2D eigenvalue weighted by Gasteiger charge is -2.30. The topological polar surface area (TPSA) is 54.9 Å². The number of aromatic hydroxyl groups is 1. The molecule has 5 heteroatoms. The summed E-state index contributed by atoms with van der Waals surface area (Å²) in [7, 11) is 0. The highest BCUT2D eigenvalue weighted by Crippen LogP contribution is 2.28. The lowest BCUT2D eigenvalue weighted by atomic mass is 10.0. The molecule has 1 fully saturated rings. The maximum absolute atomic E-state index is 13.1. The van der Waals surface area contributed by atoms with Gasteiger partial charge in [-0.1, -0.05) is 23.7 Å². The van der Waals surface area contributed by atoms with Crippen molar-refractivity contribution in [1.29, 1.82) is 0 Å². The van der Waals surface area contributed by atoms with E-state index in [0.29, 0.717) is 34.1 Å². The number of fused-ring (bicyclic) bond motifs is 1. The van der Waals surface area contributed by atoms with Crippen LogP contribution in [-0.2, 0) is 6.54 Å². The number of phenols is 1. The van der Waals surface area contributed by atoms with Gasteiger partial charge >= 0.3 is 0 Å². The number of phenolic OH excluding ortho intramolecular Hbond substituents is 1. The van der Waals surface area contributed by atoms with Crippen molar-refractivity contribution >= 4 is 22.6 Å². The summed E-state index contributed by atoms with van der Waals surface area (Å²) in [6.07, 6.45) is 5.12. The second-order valence-corrected chi connectivity index (χ2v) is 7.84. The Morgan fingerprint density at radius 1 is 1.19 bits per heavy atom. The number of nitrogens with one attached hydrogen (secondary N) is 1. The fourth-order valence-corrected chi connectivity index (χ4v) is 4.12. The minimum absolute atomic E-state index is 0.0958. The number of hydrogen-bond acceptors (Lipinski definition) is 3. The van der Waals surface area contributed by atoms with Gasteiger partial charge in [-0.15, -0.1) is 0 Å². The van der Waals surface area contributed by atoms with Gasteiger partial charge in [0.25, 0.3) is 0 Å². The molecule has 0 aliphatic carbocycles. The number of piperidine rings is 1. The summed E-state index contributed by atoms with van der Waals surface area (Å²) < 4.78 is 5.89. The van der Waals surface area contributed by atoms with Gasteiger partial charge in [-0.25, -0.2) is 0 Å². The third kappa shape index (κ3) is 3.47. The molecule has 1 aliphatic heterocycles. The molecular formula is C22H23ClNO3+. The van der Waals surface area contributed by atoms with E-state index < -0.39 is 0 Å². The van der Waals surface area contributed by atoms with E-state index in [1.807, 2.05) is 0 Å². The summed E-state index contributed by atoms with van der Waals surface area (Å²) in [5.41, 5.74) is 2.37. The number of likely N-dealkylation sites (tertiary alicyclic amines) is 1. The summed E-state index contributed by atoms with van der Waals surface area (Å²) in [5, 5.41) is 11.6. The monoisotopic (exact) mass is 384 g/mol. The van der Waals surface area contributed by atoms with Crippen molar-refractivity contribution in [3.05, 3.63) is 63.5 Å². The molecule has 2 N–H and O–H groups in total. The number of quaternary nitrogens is 1. The van der Waals surface area contributed by atoms with E-state index in [-0.39, 0.29) is 11.2 Å². The van der Waals surface area contributed by atoms with E-state index in [9.17, 15) is 9.90 Å². The first kappa shape index (κ1) is 18.1. The second-order valence-electron chi connectivity index (χ2n) is 7.41. The van der Waals surface area contributed by atoms with Crippen molar-refractivity contribution in [2.24, 2.45) is 0 Å². The van der Waals surface area contributed by atoms with Crippen LogP contribution in [0.1, 0.15) is 31.7 Å². The zero-order chi connectivity index (χ0) is 19.0. The van der Waals surface area contributed by atoms with Gasteiger partial charge < -0.3 is 14.4 Å². The lowest BCUT2D eigenvalue weighted by molar-refractivity contribution is -0.941. The van der Waals surface area contributed by atoms with Gasteiger partial charge in [0.05, 0.1) is 29.1 Å². The molecule has 0 radical (unpaired) electrons. The van der Waals surface area contributed by atoms with E-state index in [1.165, 1.54) is 30.4 Å². The predicted molar refractivity (Wildman–Crippen MR) is 107 cm³/mol. The first-order valence-corrected chi connectivity index (χ1v) is 9.79. The summed E-state index contributed by atoms with van der Waals surface area (Å²) >= 11 is 5.94. The molecule has 140 valence electrons. The van der Waals surface area contributed by atoms with Crippen LogP contribution in [0.5, 0.6) is 5.75 Å². The van der Waals surface area contributed by atoms with Gasteiger partial charge in [0.15, 0.2) is 0 Å². The molecule has 1 unspecified atom stereocenters. The van der Waals surface area contributed by atoms with Crippen LogP contribution in [0, 0.1) is 0 Å². The minimum atomic E-state index is -0.0958. The van der Waals surface area contributed by atoms with Crippen molar-refractivity contribution in [3.8, 4) is 16.9 Å². The Bertz CT molecular complexity index is 1030. The first-order chi connectivity index (χ1) is 13.0. The predicted octanol–water partition coefficient (Wildman–Crippen LogP) is 3.78. The SMILES string of the molecule is C[C@H]1CCCC[NH+]1Cc1c(O)ccc2c(=O)c(-c3ccc(Cl)cc3)coc12. The molecule has 4 rings (SSSR count). The molecule has 0 spiro atoms. The van der Waals surface area contributed by atoms with Gasteiger partial charge in [-0.3, -0.25) is 4.79 Å². The zero-order valence-corrected chi connectivity index (χ0v) is 16.1. The van der Waals surface area contributed by atoms with Crippen molar-refractivity contribution in [2.75, 3.05) is 6.54 Å². The van der Waals surface area contributed by atoms with Gasteiger partial charge in [-0.05, 0) is 56.0 Å². The van der Waals surface area contributed by atoms with Crippen LogP contribution >= 0.6 is 11.6 Å². The average molecular weight is 385 g/mol. The van der Waals surface area contributed by atoms with Crippen LogP contribution < -0.4 is 10.3 Å². The standard InChI is InChI=1S/C22H22ClNO3/c1-14-4-2-3-11-24(14)12-18-20(25)10-9-17-21(26)19(13-27-22(17)18)15-5-7-16(23)8-6-15/h5-10,13-14,25H,2-4,11-12H2,1H3/p+1/t14-/m0/s1. The molecule has 0 bridgehead atoms. The Labute approximate surface area is 163 Å². The lowest BCUT2D eigenvalue weighted by Crippen LogP contribution is -3.14. The maximum Gasteiger partial charge on any atom is 0.200 e. The molecule has 2 aromatic carbocycles.